The van der Waals surface area contributed by atoms with Gasteiger partial charge in [0.1, 0.15) is 5.69 Å². The van der Waals surface area contributed by atoms with Crippen LogP contribution in [0.25, 0.3) is 0 Å². The van der Waals surface area contributed by atoms with E-state index in [0.717, 1.165) is 6.07 Å². The van der Waals surface area contributed by atoms with Gasteiger partial charge >= 0.3 is 0 Å². The predicted molar refractivity (Wildman–Crippen MR) is 114 cm³/mol. The minimum atomic E-state index is -3.89. The van der Waals surface area contributed by atoms with Gasteiger partial charge in [-0.05, 0) is 39.3 Å². The van der Waals surface area contributed by atoms with E-state index in [1.54, 1.807) is 20.8 Å². The highest BCUT2D eigenvalue weighted by Gasteiger charge is 2.35. The molecule has 30 heavy (non-hydrogen) atoms. The Balaban J connectivity index is 1.78. The van der Waals surface area contributed by atoms with Gasteiger partial charge < -0.3 is 4.90 Å². The molecule has 2 aliphatic heterocycles. The third-order valence-electron chi connectivity index (χ3n) is 5.27. The van der Waals surface area contributed by atoms with E-state index >= 15 is 0 Å². The first-order valence-corrected chi connectivity index (χ1v) is 13.1. The lowest BCUT2D eigenvalue weighted by Gasteiger charge is -2.38. The molecule has 2 saturated heterocycles. The van der Waals surface area contributed by atoms with Gasteiger partial charge in [-0.1, -0.05) is 0 Å². The Morgan fingerprint density at radius 2 is 1.80 bits per heavy atom. The molecule has 0 aliphatic carbocycles. The summed E-state index contributed by atoms with van der Waals surface area (Å²) in [5, 5.41) is 11.7. The highest BCUT2D eigenvalue weighted by atomic mass is 32.2. The van der Waals surface area contributed by atoms with Crippen LogP contribution in [-0.2, 0) is 19.9 Å². The first-order chi connectivity index (χ1) is 13.8. The molecular formula is C18H28N4O6S2. The maximum atomic E-state index is 12.5. The van der Waals surface area contributed by atoms with E-state index < -0.39 is 30.3 Å². The number of sulfone groups is 1. The Hall–Kier alpha value is -1.76. The fraction of sp³-hybridized carbons (Fsp3) is 0.667. The molecule has 168 valence electrons. The van der Waals surface area contributed by atoms with Crippen molar-refractivity contribution in [2.45, 2.75) is 43.7 Å². The fourth-order valence-electron chi connectivity index (χ4n) is 3.94. The highest BCUT2D eigenvalue weighted by molar-refractivity contribution is 7.91. The van der Waals surface area contributed by atoms with Crippen molar-refractivity contribution >= 4 is 31.2 Å². The van der Waals surface area contributed by atoms with Crippen molar-refractivity contribution in [3.63, 3.8) is 0 Å². The molecule has 2 fully saturated rings. The second-order valence-corrected chi connectivity index (χ2v) is 12.8. The van der Waals surface area contributed by atoms with E-state index in [1.165, 1.54) is 12.1 Å². The van der Waals surface area contributed by atoms with Gasteiger partial charge in [-0.15, -0.1) is 0 Å². The Morgan fingerprint density at radius 3 is 2.30 bits per heavy atom. The van der Waals surface area contributed by atoms with Crippen molar-refractivity contribution in [3.8, 4) is 0 Å². The van der Waals surface area contributed by atoms with Crippen molar-refractivity contribution in [2.75, 3.05) is 42.6 Å². The maximum absolute atomic E-state index is 12.5. The molecule has 1 aromatic rings. The van der Waals surface area contributed by atoms with E-state index in [4.69, 9.17) is 0 Å². The molecule has 0 saturated carbocycles. The topological polar surface area (TPSA) is 130 Å². The van der Waals surface area contributed by atoms with Crippen LogP contribution in [-0.4, -0.2) is 75.9 Å². The lowest BCUT2D eigenvalue weighted by atomic mass is 10.1. The van der Waals surface area contributed by atoms with Crippen LogP contribution in [0.3, 0.4) is 0 Å². The lowest BCUT2D eigenvalue weighted by molar-refractivity contribution is -0.384. The van der Waals surface area contributed by atoms with Crippen molar-refractivity contribution in [3.05, 3.63) is 28.3 Å². The molecule has 2 aliphatic rings. The normalized spacial score (nSPS) is 22.9. The molecule has 0 bridgehead atoms. The van der Waals surface area contributed by atoms with Crippen molar-refractivity contribution in [1.82, 2.24) is 9.62 Å². The molecule has 1 unspecified atom stereocenters. The SMILES string of the molecule is CC(C)(C)NS(=O)(=O)c1ccc(N2CCN(C3CCS(=O)(=O)C3)CC2)c([N+](=O)[O-])c1. The van der Waals surface area contributed by atoms with Crippen LogP contribution in [0.2, 0.25) is 0 Å². The van der Waals surface area contributed by atoms with E-state index in [1.807, 2.05) is 4.90 Å². The van der Waals surface area contributed by atoms with Gasteiger partial charge in [0.05, 0.1) is 21.3 Å². The van der Waals surface area contributed by atoms with Crippen molar-refractivity contribution in [2.24, 2.45) is 0 Å². The Kier molecular flexibility index (Phi) is 6.16. The third-order valence-corrected chi connectivity index (χ3v) is 8.78. The average Bonchev–Trinajstić information content (AvgIpc) is 2.99. The maximum Gasteiger partial charge on any atom is 0.293 e. The van der Waals surface area contributed by atoms with Gasteiger partial charge in [-0.3, -0.25) is 15.0 Å². The number of hydrogen-bond donors (Lipinski definition) is 1. The van der Waals surface area contributed by atoms with E-state index in [2.05, 4.69) is 9.62 Å². The van der Waals surface area contributed by atoms with Crippen LogP contribution in [0.4, 0.5) is 11.4 Å². The molecule has 0 aromatic heterocycles. The molecule has 1 N–H and O–H groups in total. The van der Waals surface area contributed by atoms with Crippen LogP contribution >= 0.6 is 0 Å². The van der Waals surface area contributed by atoms with E-state index in [-0.39, 0.29) is 28.1 Å². The van der Waals surface area contributed by atoms with Crippen LogP contribution < -0.4 is 9.62 Å². The summed E-state index contributed by atoms with van der Waals surface area (Å²) in [6.45, 7) is 7.30. The first-order valence-electron chi connectivity index (χ1n) is 9.79. The standard InChI is InChI=1S/C18H28N4O6S2/c1-18(2,3)19-30(27,28)15-4-5-16(17(12-15)22(23)24)21-9-7-20(8-10-21)14-6-11-29(25,26)13-14/h4-5,12,14,19H,6-11,13H2,1-3H3. The third kappa shape index (κ3) is 5.29. The quantitative estimate of drug-likeness (QED) is 0.508. The zero-order valence-corrected chi connectivity index (χ0v) is 19.0. The summed E-state index contributed by atoms with van der Waals surface area (Å²) in [5.41, 5.74) is -0.604. The highest BCUT2D eigenvalue weighted by Crippen LogP contribution is 2.32. The fourth-order valence-corrected chi connectivity index (χ4v) is 7.14. The second-order valence-electron chi connectivity index (χ2n) is 8.84. The minimum Gasteiger partial charge on any atom is -0.363 e. The Bertz CT molecular complexity index is 1030. The summed E-state index contributed by atoms with van der Waals surface area (Å²) in [5.74, 6) is 0.377. The number of nitro benzene ring substituents is 1. The number of piperazine rings is 1. The van der Waals surface area contributed by atoms with Gasteiger partial charge in [0.2, 0.25) is 10.0 Å². The number of sulfonamides is 1. The molecule has 0 spiro atoms. The molecular weight excluding hydrogens is 432 g/mol. The molecule has 3 rings (SSSR count). The summed E-state index contributed by atoms with van der Waals surface area (Å²) in [6.07, 6.45) is 0.621. The monoisotopic (exact) mass is 460 g/mol. The molecule has 10 nitrogen and oxygen atoms in total. The second kappa shape index (κ2) is 8.06. The number of benzene rings is 1. The average molecular weight is 461 g/mol. The predicted octanol–water partition coefficient (Wildman–Crippen LogP) is 0.981. The summed E-state index contributed by atoms with van der Waals surface area (Å²) < 4.78 is 51.0. The summed E-state index contributed by atoms with van der Waals surface area (Å²) in [7, 11) is -6.86. The smallest absolute Gasteiger partial charge is 0.293 e. The van der Waals surface area contributed by atoms with Crippen LogP contribution in [0, 0.1) is 10.1 Å². The minimum absolute atomic E-state index is 0.00290. The van der Waals surface area contributed by atoms with E-state index in [0.29, 0.717) is 38.3 Å². The number of rotatable bonds is 5. The Labute approximate surface area is 177 Å². The van der Waals surface area contributed by atoms with Crippen LogP contribution in [0.1, 0.15) is 27.2 Å². The van der Waals surface area contributed by atoms with Crippen LogP contribution in [0.5, 0.6) is 0 Å². The zero-order chi connectivity index (χ0) is 22.3. The molecule has 1 aromatic carbocycles. The number of nitrogens with zero attached hydrogens (tertiary/aromatic N) is 3. The largest absolute Gasteiger partial charge is 0.363 e. The van der Waals surface area contributed by atoms with E-state index in [9.17, 15) is 26.9 Å². The van der Waals surface area contributed by atoms with Gasteiger partial charge in [-0.2, -0.15) is 0 Å². The summed E-state index contributed by atoms with van der Waals surface area (Å²) in [6, 6.07) is 3.96. The number of hydrogen-bond acceptors (Lipinski definition) is 8. The molecule has 1 atom stereocenters. The molecule has 2 heterocycles. The Morgan fingerprint density at radius 1 is 1.17 bits per heavy atom. The zero-order valence-electron chi connectivity index (χ0n) is 17.4. The van der Waals surface area contributed by atoms with Gasteiger partial charge in [0.15, 0.2) is 9.84 Å². The van der Waals surface area contributed by atoms with Crippen molar-refractivity contribution < 1.29 is 21.8 Å². The molecule has 0 radical (unpaired) electrons. The van der Waals surface area contributed by atoms with Crippen molar-refractivity contribution in [1.29, 1.82) is 0 Å². The lowest BCUT2D eigenvalue weighted by Crippen LogP contribution is -2.50. The summed E-state index contributed by atoms with van der Waals surface area (Å²) >= 11 is 0. The summed E-state index contributed by atoms with van der Waals surface area (Å²) in [4.78, 5) is 14.9. The number of nitro groups is 1. The van der Waals surface area contributed by atoms with Gasteiger partial charge in [-0.25, -0.2) is 21.6 Å². The van der Waals surface area contributed by atoms with Gasteiger partial charge in [0.25, 0.3) is 5.69 Å². The molecule has 12 heteroatoms. The molecule has 0 amide bonds. The van der Waals surface area contributed by atoms with Crippen LogP contribution in [0.15, 0.2) is 23.1 Å². The first kappa shape index (κ1) is 22.9. The van der Waals surface area contributed by atoms with Gasteiger partial charge in [0, 0.05) is 43.8 Å². The number of anilines is 1. The number of nitrogens with one attached hydrogen (secondary N) is 1.